The molecule has 8 atom stereocenters. The average molecular weight is 349 g/mol. The van der Waals surface area contributed by atoms with E-state index in [-0.39, 0.29) is 5.41 Å². The summed E-state index contributed by atoms with van der Waals surface area (Å²) in [6.07, 6.45) is 10.6. The Bertz CT molecular complexity index is 531. The largest absolute Gasteiger partial charge is 0.387 e. The van der Waals surface area contributed by atoms with Crippen molar-refractivity contribution in [1.29, 1.82) is 0 Å². The van der Waals surface area contributed by atoms with Crippen LogP contribution in [-0.4, -0.2) is 30.2 Å². The standard InChI is InChI=1S/C22H36O3/c1-14(23)19-6-7-20-18-5-4-15-12-22(24,13-25-3)11-9-16(15)17(18)8-10-21(19,20)2/h15-20,24H,4-13H2,1-3H3/t15-,16+,17-,18-,19+,20+,21-,22+/m1/s1. The van der Waals surface area contributed by atoms with Crippen molar-refractivity contribution in [1.82, 2.24) is 0 Å². The van der Waals surface area contributed by atoms with E-state index in [9.17, 15) is 9.90 Å². The van der Waals surface area contributed by atoms with Crippen LogP contribution in [0, 0.1) is 40.9 Å². The number of Topliss-reactive ketones (excluding diaryl/α,β-unsaturated/α-hetero) is 1. The quantitative estimate of drug-likeness (QED) is 0.830. The average Bonchev–Trinajstić information content (AvgIpc) is 2.91. The fourth-order valence-electron chi connectivity index (χ4n) is 8.03. The summed E-state index contributed by atoms with van der Waals surface area (Å²) in [5, 5.41) is 10.8. The first-order valence-corrected chi connectivity index (χ1v) is 10.6. The van der Waals surface area contributed by atoms with Crippen LogP contribution in [0.5, 0.6) is 0 Å². The monoisotopic (exact) mass is 348 g/mol. The predicted octanol–water partition coefficient (Wildman–Crippen LogP) is 4.22. The maximum absolute atomic E-state index is 12.2. The van der Waals surface area contributed by atoms with Crippen LogP contribution in [0.1, 0.15) is 71.6 Å². The summed E-state index contributed by atoms with van der Waals surface area (Å²) in [6, 6.07) is 0. The molecule has 25 heavy (non-hydrogen) atoms. The van der Waals surface area contributed by atoms with Gasteiger partial charge < -0.3 is 9.84 Å². The van der Waals surface area contributed by atoms with Crippen molar-refractivity contribution in [2.75, 3.05) is 13.7 Å². The molecule has 4 aliphatic rings. The molecule has 0 heterocycles. The minimum absolute atomic E-state index is 0.269. The molecular formula is C22H36O3. The number of hydrogen-bond donors (Lipinski definition) is 1. The van der Waals surface area contributed by atoms with Gasteiger partial charge in [0, 0.05) is 13.0 Å². The Morgan fingerprint density at radius 3 is 2.52 bits per heavy atom. The van der Waals surface area contributed by atoms with Crippen LogP contribution >= 0.6 is 0 Å². The zero-order valence-corrected chi connectivity index (χ0v) is 16.3. The summed E-state index contributed by atoms with van der Waals surface area (Å²) < 4.78 is 5.29. The molecule has 0 radical (unpaired) electrons. The van der Waals surface area contributed by atoms with Crippen molar-refractivity contribution in [2.24, 2.45) is 40.9 Å². The highest BCUT2D eigenvalue weighted by Gasteiger charge is 2.58. The second-order valence-corrected chi connectivity index (χ2v) is 10.1. The lowest BCUT2D eigenvalue weighted by Crippen LogP contribution is -2.52. The van der Waals surface area contributed by atoms with Crippen LogP contribution in [0.25, 0.3) is 0 Å². The van der Waals surface area contributed by atoms with E-state index in [1.165, 1.54) is 38.5 Å². The lowest BCUT2D eigenvalue weighted by Gasteiger charge is -2.57. The second kappa shape index (κ2) is 6.34. The van der Waals surface area contributed by atoms with Crippen LogP contribution in [0.3, 0.4) is 0 Å². The Balaban J connectivity index is 1.51. The third kappa shape index (κ3) is 2.81. The van der Waals surface area contributed by atoms with Crippen LogP contribution in [0.2, 0.25) is 0 Å². The van der Waals surface area contributed by atoms with E-state index in [0.29, 0.717) is 24.2 Å². The molecule has 0 bridgehead atoms. The molecule has 0 aromatic heterocycles. The van der Waals surface area contributed by atoms with Gasteiger partial charge in [-0.3, -0.25) is 4.79 Å². The molecule has 0 unspecified atom stereocenters. The first-order valence-electron chi connectivity index (χ1n) is 10.6. The first-order chi connectivity index (χ1) is 11.9. The summed E-state index contributed by atoms with van der Waals surface area (Å²) >= 11 is 0. The van der Waals surface area contributed by atoms with Crippen molar-refractivity contribution in [3.8, 4) is 0 Å². The number of carbonyl (C=O) groups excluding carboxylic acids is 1. The van der Waals surface area contributed by atoms with Crippen molar-refractivity contribution in [3.63, 3.8) is 0 Å². The van der Waals surface area contributed by atoms with Crippen LogP contribution in [-0.2, 0) is 9.53 Å². The summed E-state index contributed by atoms with van der Waals surface area (Å²) in [6.45, 7) is 4.74. The topological polar surface area (TPSA) is 46.5 Å². The maximum Gasteiger partial charge on any atom is 0.133 e. The zero-order chi connectivity index (χ0) is 17.8. The molecule has 0 spiro atoms. The second-order valence-electron chi connectivity index (χ2n) is 10.1. The van der Waals surface area contributed by atoms with Gasteiger partial charge in [-0.15, -0.1) is 0 Å². The van der Waals surface area contributed by atoms with Gasteiger partial charge in [-0.2, -0.15) is 0 Å². The highest BCUT2D eigenvalue weighted by molar-refractivity contribution is 5.79. The Hall–Kier alpha value is -0.410. The van der Waals surface area contributed by atoms with Crippen molar-refractivity contribution < 1.29 is 14.6 Å². The molecule has 142 valence electrons. The molecule has 4 saturated carbocycles. The van der Waals surface area contributed by atoms with Gasteiger partial charge in [-0.25, -0.2) is 0 Å². The molecule has 0 saturated heterocycles. The van der Waals surface area contributed by atoms with E-state index in [4.69, 9.17) is 4.74 Å². The molecule has 4 rings (SSSR count). The number of rotatable bonds is 3. The zero-order valence-electron chi connectivity index (χ0n) is 16.3. The van der Waals surface area contributed by atoms with E-state index in [2.05, 4.69) is 6.92 Å². The van der Waals surface area contributed by atoms with Gasteiger partial charge in [-0.1, -0.05) is 6.92 Å². The van der Waals surface area contributed by atoms with E-state index < -0.39 is 5.60 Å². The normalized spacial score (nSPS) is 52.2. The lowest BCUT2D eigenvalue weighted by atomic mass is 9.49. The summed E-state index contributed by atoms with van der Waals surface area (Å²) in [4.78, 5) is 12.2. The van der Waals surface area contributed by atoms with E-state index in [1.54, 1.807) is 7.11 Å². The van der Waals surface area contributed by atoms with Gasteiger partial charge >= 0.3 is 0 Å². The van der Waals surface area contributed by atoms with E-state index in [1.807, 2.05) is 6.92 Å². The van der Waals surface area contributed by atoms with Gasteiger partial charge in [-0.05, 0) is 99.7 Å². The van der Waals surface area contributed by atoms with Gasteiger partial charge in [0.2, 0.25) is 0 Å². The molecule has 0 aliphatic heterocycles. The molecule has 0 aromatic carbocycles. The van der Waals surface area contributed by atoms with Gasteiger partial charge in [0.1, 0.15) is 5.78 Å². The summed E-state index contributed by atoms with van der Waals surface area (Å²) in [7, 11) is 1.70. The molecule has 0 aromatic rings. The van der Waals surface area contributed by atoms with Crippen molar-refractivity contribution in [2.45, 2.75) is 77.2 Å². The summed E-state index contributed by atoms with van der Waals surface area (Å²) in [5.74, 6) is 4.67. The predicted molar refractivity (Wildman–Crippen MR) is 98.1 cm³/mol. The Morgan fingerprint density at radius 1 is 1.04 bits per heavy atom. The summed E-state index contributed by atoms with van der Waals surface area (Å²) in [5.41, 5.74) is -0.315. The van der Waals surface area contributed by atoms with Gasteiger partial charge in [0.25, 0.3) is 0 Å². The number of hydrogen-bond acceptors (Lipinski definition) is 3. The molecule has 0 amide bonds. The molecule has 3 heteroatoms. The van der Waals surface area contributed by atoms with Crippen LogP contribution < -0.4 is 0 Å². The molecule has 1 N–H and O–H groups in total. The third-order valence-corrected chi connectivity index (χ3v) is 9.01. The number of methoxy groups -OCH3 is 1. The SMILES string of the molecule is COC[C@]1(O)CC[C@H]2[C@H](CC[C@@H]3[C@@H]2CC[C@]2(C)[C@H](C(C)=O)CC[C@@H]32)C1. The van der Waals surface area contributed by atoms with Crippen LogP contribution in [0.15, 0.2) is 0 Å². The highest BCUT2D eigenvalue weighted by Crippen LogP contribution is 2.64. The fourth-order valence-corrected chi connectivity index (χ4v) is 8.03. The van der Waals surface area contributed by atoms with E-state index >= 15 is 0 Å². The Kier molecular flexibility index (Phi) is 4.56. The lowest BCUT2D eigenvalue weighted by molar-refractivity contribution is -0.134. The smallest absolute Gasteiger partial charge is 0.133 e. The fraction of sp³-hybridized carbons (Fsp3) is 0.955. The Labute approximate surface area is 152 Å². The Morgan fingerprint density at radius 2 is 1.80 bits per heavy atom. The minimum atomic E-state index is -0.584. The number of ketones is 1. The van der Waals surface area contributed by atoms with Crippen molar-refractivity contribution >= 4 is 5.78 Å². The minimum Gasteiger partial charge on any atom is -0.387 e. The number of ether oxygens (including phenoxy) is 1. The molecule has 4 aliphatic carbocycles. The van der Waals surface area contributed by atoms with Gasteiger partial charge in [0.05, 0.1) is 12.2 Å². The maximum atomic E-state index is 12.2. The van der Waals surface area contributed by atoms with E-state index in [0.717, 1.165) is 42.9 Å². The number of carbonyl (C=O) groups is 1. The van der Waals surface area contributed by atoms with Crippen molar-refractivity contribution in [3.05, 3.63) is 0 Å². The number of fused-ring (bicyclic) bond motifs is 5. The molecule has 4 fully saturated rings. The molecule has 3 nitrogen and oxygen atoms in total. The van der Waals surface area contributed by atoms with Gasteiger partial charge in [0.15, 0.2) is 0 Å². The van der Waals surface area contributed by atoms with Crippen LogP contribution in [0.4, 0.5) is 0 Å². The molecular weight excluding hydrogens is 312 g/mol. The first kappa shape index (κ1) is 18.0. The number of aliphatic hydroxyl groups is 1. The highest BCUT2D eigenvalue weighted by atomic mass is 16.5. The third-order valence-electron chi connectivity index (χ3n) is 9.01.